The van der Waals surface area contributed by atoms with Crippen LogP contribution >= 0.6 is 43.2 Å². The fraction of sp³-hybridized carbons (Fsp3) is 0. The minimum atomic E-state index is 0.828. The Kier molecular flexibility index (Phi) is 2.06. The van der Waals surface area contributed by atoms with Crippen LogP contribution < -0.4 is 0 Å². The van der Waals surface area contributed by atoms with Crippen LogP contribution in [0.2, 0.25) is 0 Å². The Morgan fingerprint density at radius 1 is 1.50 bits per heavy atom. The van der Waals surface area contributed by atoms with Crippen LogP contribution in [0.25, 0.3) is 0 Å². The molecule has 0 atom stereocenters. The Labute approximate surface area is 68.4 Å². The number of halogens is 2. The normalized spacial score (nSPS) is 9.88. The molecule has 0 saturated heterocycles. The third-order valence-corrected chi connectivity index (χ3v) is 2.90. The van der Waals surface area contributed by atoms with Crippen molar-refractivity contribution in [2.75, 3.05) is 0 Å². The number of rotatable bonds is 0. The van der Waals surface area contributed by atoms with Crippen molar-refractivity contribution in [3.8, 4) is 0 Å². The van der Waals surface area contributed by atoms with E-state index in [-0.39, 0.29) is 0 Å². The summed E-state index contributed by atoms with van der Waals surface area (Å²) >= 11 is 7.96. The fourth-order valence-corrected chi connectivity index (χ4v) is 2.32. The van der Waals surface area contributed by atoms with Gasteiger partial charge < -0.3 is 0 Å². The molecule has 1 heterocycles. The standard InChI is InChI=1S/C4H2Br2NS/c1-2-3(5)7-4(6)8-2/h1H2. The molecule has 0 aliphatic heterocycles. The largest absolute Gasteiger partial charge is 0.222 e. The number of thiazole rings is 1. The van der Waals surface area contributed by atoms with E-state index < -0.39 is 0 Å². The second kappa shape index (κ2) is 2.45. The summed E-state index contributed by atoms with van der Waals surface area (Å²) in [4.78, 5) is 4.96. The second-order valence-electron chi connectivity index (χ2n) is 1.18. The van der Waals surface area contributed by atoms with Crippen molar-refractivity contribution in [1.29, 1.82) is 0 Å². The van der Waals surface area contributed by atoms with E-state index in [1.165, 1.54) is 11.3 Å². The van der Waals surface area contributed by atoms with Crippen LogP contribution in [-0.4, -0.2) is 4.98 Å². The zero-order valence-electron chi connectivity index (χ0n) is 3.82. The van der Waals surface area contributed by atoms with Crippen molar-refractivity contribution in [3.63, 3.8) is 0 Å². The van der Waals surface area contributed by atoms with Crippen molar-refractivity contribution >= 4 is 43.2 Å². The van der Waals surface area contributed by atoms with Crippen LogP contribution in [0.3, 0.4) is 0 Å². The Hall–Kier alpha value is 0.590. The molecule has 1 radical (unpaired) electrons. The summed E-state index contributed by atoms with van der Waals surface area (Å²) < 4.78 is 1.70. The first-order chi connectivity index (χ1) is 3.70. The minimum absolute atomic E-state index is 0.828. The van der Waals surface area contributed by atoms with Gasteiger partial charge in [-0.3, -0.25) is 0 Å². The molecule has 0 aromatic carbocycles. The van der Waals surface area contributed by atoms with Crippen molar-refractivity contribution in [2.45, 2.75) is 0 Å². The van der Waals surface area contributed by atoms with Gasteiger partial charge in [0.15, 0.2) is 3.92 Å². The highest BCUT2D eigenvalue weighted by molar-refractivity contribution is 9.11. The van der Waals surface area contributed by atoms with Crippen molar-refractivity contribution in [3.05, 3.63) is 20.3 Å². The molecular formula is C4H2Br2NS. The highest BCUT2D eigenvalue weighted by atomic mass is 79.9. The van der Waals surface area contributed by atoms with E-state index in [9.17, 15) is 0 Å². The van der Waals surface area contributed by atoms with Crippen molar-refractivity contribution in [2.24, 2.45) is 0 Å². The molecule has 1 rings (SSSR count). The van der Waals surface area contributed by atoms with Crippen LogP contribution in [0.4, 0.5) is 0 Å². The maximum absolute atomic E-state index is 4.00. The molecule has 0 amide bonds. The lowest BCUT2D eigenvalue weighted by molar-refractivity contribution is 1.31. The zero-order valence-corrected chi connectivity index (χ0v) is 7.81. The number of nitrogens with zero attached hydrogens (tertiary/aromatic N) is 1. The predicted molar refractivity (Wildman–Crippen MR) is 42.0 cm³/mol. The summed E-state index contributed by atoms with van der Waals surface area (Å²) in [5.41, 5.74) is 0. The quantitative estimate of drug-likeness (QED) is 0.695. The lowest BCUT2D eigenvalue weighted by Crippen LogP contribution is -1.61. The fourth-order valence-electron chi connectivity index (χ4n) is 0.306. The molecule has 0 aliphatic carbocycles. The molecule has 0 aliphatic rings. The van der Waals surface area contributed by atoms with Gasteiger partial charge in [-0.2, -0.15) is 0 Å². The monoisotopic (exact) mass is 254 g/mol. The van der Waals surface area contributed by atoms with Crippen LogP contribution in [0.15, 0.2) is 8.52 Å². The van der Waals surface area contributed by atoms with Crippen LogP contribution in [-0.2, 0) is 0 Å². The molecule has 0 N–H and O–H groups in total. The molecule has 1 nitrogen and oxygen atoms in total. The number of hydrogen-bond donors (Lipinski definition) is 0. The van der Waals surface area contributed by atoms with E-state index in [0.29, 0.717) is 0 Å². The molecule has 4 heteroatoms. The van der Waals surface area contributed by atoms with E-state index >= 15 is 0 Å². The van der Waals surface area contributed by atoms with E-state index in [1.54, 1.807) is 0 Å². The van der Waals surface area contributed by atoms with Crippen molar-refractivity contribution < 1.29 is 0 Å². The molecule has 0 saturated carbocycles. The van der Waals surface area contributed by atoms with E-state index in [0.717, 1.165) is 13.4 Å². The Morgan fingerprint density at radius 2 is 2.12 bits per heavy atom. The third kappa shape index (κ3) is 1.30. The van der Waals surface area contributed by atoms with Gasteiger partial charge in [-0.1, -0.05) is 0 Å². The van der Waals surface area contributed by atoms with E-state index in [2.05, 4.69) is 43.8 Å². The zero-order chi connectivity index (χ0) is 6.15. The van der Waals surface area contributed by atoms with Crippen LogP contribution in [0.5, 0.6) is 0 Å². The van der Waals surface area contributed by atoms with Crippen LogP contribution in [0.1, 0.15) is 4.88 Å². The first-order valence-corrected chi connectivity index (χ1v) is 4.24. The van der Waals surface area contributed by atoms with Gasteiger partial charge in [0.2, 0.25) is 0 Å². The maximum atomic E-state index is 4.00. The van der Waals surface area contributed by atoms with Crippen molar-refractivity contribution in [1.82, 2.24) is 4.98 Å². The van der Waals surface area contributed by atoms with Crippen LogP contribution in [0, 0.1) is 6.92 Å². The summed E-state index contributed by atoms with van der Waals surface area (Å²) in [6.45, 7) is 3.72. The molecule has 0 unspecified atom stereocenters. The Morgan fingerprint density at radius 3 is 2.25 bits per heavy atom. The summed E-state index contributed by atoms with van der Waals surface area (Å²) in [5.74, 6) is 0. The molecule has 43 valence electrons. The molecule has 8 heavy (non-hydrogen) atoms. The van der Waals surface area contributed by atoms with Gasteiger partial charge in [-0.05, 0) is 38.8 Å². The first-order valence-electron chi connectivity index (χ1n) is 1.84. The smallest absolute Gasteiger partial charge is 0.160 e. The Bertz CT molecular complexity index is 176. The molecule has 1 aromatic rings. The van der Waals surface area contributed by atoms with E-state index in [1.807, 2.05) is 0 Å². The highest BCUT2D eigenvalue weighted by Gasteiger charge is 1.99. The lowest BCUT2D eigenvalue weighted by atomic mass is 10.7. The van der Waals surface area contributed by atoms with Gasteiger partial charge >= 0.3 is 0 Å². The highest BCUT2D eigenvalue weighted by Crippen LogP contribution is 2.25. The summed E-state index contributed by atoms with van der Waals surface area (Å²) in [6.07, 6.45) is 0. The first kappa shape index (κ1) is 6.71. The summed E-state index contributed by atoms with van der Waals surface area (Å²) in [6, 6.07) is 0. The molecular weight excluding hydrogens is 254 g/mol. The second-order valence-corrected chi connectivity index (χ2v) is 4.29. The van der Waals surface area contributed by atoms with Gasteiger partial charge in [-0.25, -0.2) is 4.98 Å². The lowest BCUT2D eigenvalue weighted by Gasteiger charge is -1.74. The average molecular weight is 256 g/mol. The minimum Gasteiger partial charge on any atom is -0.222 e. The summed E-state index contributed by atoms with van der Waals surface area (Å²) in [5, 5.41) is 0. The van der Waals surface area contributed by atoms with Gasteiger partial charge in [0.05, 0.1) is 0 Å². The SMILES string of the molecule is [CH2]c1sc(Br)nc1Br. The third-order valence-electron chi connectivity index (χ3n) is 0.624. The number of hydrogen-bond acceptors (Lipinski definition) is 2. The average Bonchev–Trinajstić information content (AvgIpc) is 1.85. The molecule has 0 bridgehead atoms. The van der Waals surface area contributed by atoms with Gasteiger partial charge in [0, 0.05) is 4.88 Å². The van der Waals surface area contributed by atoms with Gasteiger partial charge in [0.25, 0.3) is 0 Å². The maximum Gasteiger partial charge on any atom is 0.160 e. The summed E-state index contributed by atoms with van der Waals surface area (Å²) in [7, 11) is 0. The molecule has 1 aromatic heterocycles. The van der Waals surface area contributed by atoms with E-state index in [4.69, 9.17) is 0 Å². The molecule has 0 spiro atoms. The predicted octanol–water partition coefficient (Wildman–Crippen LogP) is 2.85. The van der Waals surface area contributed by atoms with Gasteiger partial charge in [-0.15, -0.1) is 11.3 Å². The topological polar surface area (TPSA) is 12.9 Å². The van der Waals surface area contributed by atoms with Gasteiger partial charge in [0.1, 0.15) is 4.60 Å². The Balaban J connectivity index is 3.14. The molecule has 0 fully saturated rings. The number of aromatic nitrogens is 1.